The van der Waals surface area contributed by atoms with Gasteiger partial charge in [-0.25, -0.2) is 0 Å². The van der Waals surface area contributed by atoms with E-state index in [4.69, 9.17) is 21.0 Å². The summed E-state index contributed by atoms with van der Waals surface area (Å²) in [6.45, 7) is 0. The second-order valence-corrected chi connectivity index (χ2v) is 9.90. The Labute approximate surface area is 153 Å². The van der Waals surface area contributed by atoms with Gasteiger partial charge in [0.05, 0.1) is 0 Å². The van der Waals surface area contributed by atoms with Crippen LogP contribution in [0, 0.1) is 53.5 Å². The van der Waals surface area contributed by atoms with E-state index in [1.165, 1.54) is 0 Å². The van der Waals surface area contributed by atoms with E-state index in [2.05, 4.69) is 31.9 Å². The van der Waals surface area contributed by atoms with Crippen LogP contribution < -0.4 is 8.19 Å². The summed E-state index contributed by atoms with van der Waals surface area (Å²) < 4.78 is 5.26. The van der Waals surface area contributed by atoms with E-state index in [0.717, 1.165) is 25.3 Å². The summed E-state index contributed by atoms with van der Waals surface area (Å²) in [4.78, 5) is 0. The first-order valence-corrected chi connectivity index (χ1v) is 10.5. The van der Waals surface area contributed by atoms with Crippen molar-refractivity contribution in [2.24, 2.45) is 0 Å². The van der Waals surface area contributed by atoms with Gasteiger partial charge in [0, 0.05) is 0 Å². The number of nitriles is 4. The molecule has 0 unspecified atom stereocenters. The zero-order valence-electron chi connectivity index (χ0n) is 10.5. The molecule has 0 radical (unpaired) electrons. The molecule has 0 atom stereocenters. The number of hydrogen-bond acceptors (Lipinski definition) is 4. The minimum atomic E-state index is -0.154. The zero-order valence-corrected chi connectivity index (χ0v) is 17.1. The molecule has 0 fully saturated rings. The fourth-order valence-electron chi connectivity index (χ4n) is 1.56. The van der Waals surface area contributed by atoms with Gasteiger partial charge < -0.3 is 0 Å². The van der Waals surface area contributed by atoms with Crippen LogP contribution in [0.15, 0.2) is 21.1 Å². The molecule has 0 aliphatic heterocycles. The molecule has 0 saturated carbocycles. The number of hydrogen-bond donors (Lipinski definition) is 0. The van der Waals surface area contributed by atoms with Crippen molar-refractivity contribution in [2.75, 3.05) is 0 Å². The molecule has 2 aromatic heterocycles. The van der Waals surface area contributed by atoms with Crippen LogP contribution in [0.2, 0.25) is 0 Å². The second-order valence-electron chi connectivity index (χ2n) is 3.77. The normalized spacial score (nSPS) is 10.8. The number of rotatable bonds is 0. The van der Waals surface area contributed by atoms with Gasteiger partial charge in [-0.15, -0.1) is 0 Å². The predicted octanol–water partition coefficient (Wildman–Crippen LogP) is 1.01. The maximum atomic E-state index is 8.98. The van der Waals surface area contributed by atoms with Crippen molar-refractivity contribution < 1.29 is 0 Å². The Kier molecular flexibility index (Phi) is 5.63. The molecule has 0 amide bonds. The molecule has 22 heavy (non-hydrogen) atoms. The molecule has 0 aliphatic carbocycles. The Hall–Kier alpha value is -1.34. The molecule has 0 aromatic carbocycles. The first kappa shape index (κ1) is 17.0. The quantitative estimate of drug-likeness (QED) is 0.464. The Morgan fingerprint density at radius 2 is 1.05 bits per heavy atom. The zero-order chi connectivity index (χ0) is 16.3. The van der Waals surface area contributed by atoms with Crippen LogP contribution in [0.5, 0.6) is 0 Å². The molecule has 0 bridgehead atoms. The average Bonchev–Trinajstić information content (AvgIpc) is 3.05. The van der Waals surface area contributed by atoms with Crippen molar-refractivity contribution in [3.8, 4) is 24.3 Å². The van der Waals surface area contributed by atoms with Crippen LogP contribution in [0.3, 0.4) is 0 Å². The molecular weight excluding hydrogens is 542 g/mol. The van der Waals surface area contributed by atoms with Crippen LogP contribution in [0.25, 0.3) is 11.1 Å². The van der Waals surface area contributed by atoms with E-state index in [-0.39, 0.29) is 40.2 Å². The molecule has 2 rings (SSSR count). The van der Waals surface area contributed by atoms with Crippen LogP contribution in [-0.2, 0) is 0 Å². The van der Waals surface area contributed by atoms with Gasteiger partial charge in [-0.1, -0.05) is 0 Å². The van der Waals surface area contributed by atoms with E-state index in [9.17, 15) is 0 Å². The average molecular weight is 544 g/mol. The summed E-state index contributed by atoms with van der Waals surface area (Å²) in [5, 5.41) is 35.9. The Bertz CT molecular complexity index is 1020. The number of nitrogens with zero attached hydrogens (tertiary/aromatic N) is 4. The molecule has 104 valence electrons. The molecule has 4 nitrogen and oxygen atoms in total. The van der Waals surface area contributed by atoms with Crippen molar-refractivity contribution in [3.63, 3.8) is 0 Å². The summed E-state index contributed by atoms with van der Waals surface area (Å²) in [6, 6.07) is 11.3. The van der Waals surface area contributed by atoms with Crippen LogP contribution >= 0.6 is 31.9 Å². The summed E-state index contributed by atoms with van der Waals surface area (Å²) in [5.41, 5.74) is 0.257. The van der Waals surface area contributed by atoms with Crippen LogP contribution in [-0.4, -0.2) is 29.0 Å². The molecule has 0 N–H and O–H groups in total. The van der Waals surface area contributed by atoms with Crippen molar-refractivity contribution in [1.82, 2.24) is 0 Å². The third-order valence-electron chi connectivity index (χ3n) is 2.52. The van der Waals surface area contributed by atoms with Crippen molar-refractivity contribution in [1.29, 1.82) is 21.0 Å². The Morgan fingerprint density at radius 1 is 0.727 bits per heavy atom. The fourth-order valence-corrected chi connectivity index (χ4v) is 9.42. The Morgan fingerprint density at radius 3 is 1.32 bits per heavy atom. The molecule has 0 aliphatic rings. The summed E-state index contributed by atoms with van der Waals surface area (Å²) in [5.74, 6) is 0. The van der Waals surface area contributed by atoms with E-state index in [0.29, 0.717) is 0 Å². The first-order valence-electron chi connectivity index (χ1n) is 5.49. The van der Waals surface area contributed by atoms with Gasteiger partial charge in [-0.2, -0.15) is 0 Å². The first-order chi connectivity index (χ1) is 10.5. The van der Waals surface area contributed by atoms with Crippen molar-refractivity contribution >= 4 is 72.0 Å². The van der Waals surface area contributed by atoms with Gasteiger partial charge in [0.1, 0.15) is 0 Å². The molecule has 2 heterocycles. The van der Waals surface area contributed by atoms with Crippen molar-refractivity contribution in [3.05, 3.63) is 37.4 Å². The van der Waals surface area contributed by atoms with Gasteiger partial charge in [0.2, 0.25) is 0 Å². The summed E-state index contributed by atoms with van der Waals surface area (Å²) in [7, 11) is 0. The Balaban J connectivity index is 3.05. The van der Waals surface area contributed by atoms with E-state index in [1.807, 2.05) is 24.3 Å². The predicted molar refractivity (Wildman–Crippen MR) is 88.4 cm³/mol. The molecular formula is C14H2Br2N4Se2. The van der Waals surface area contributed by atoms with Crippen molar-refractivity contribution in [2.45, 2.75) is 0 Å². The van der Waals surface area contributed by atoms with E-state index >= 15 is 0 Å². The van der Waals surface area contributed by atoms with Crippen LogP contribution in [0.4, 0.5) is 0 Å². The third kappa shape index (κ3) is 3.20. The fraction of sp³-hybridized carbons (Fsp3) is 0. The third-order valence-corrected chi connectivity index (χ3v) is 10.5. The minimum absolute atomic E-state index is 0.128. The van der Waals surface area contributed by atoms with Gasteiger partial charge >= 0.3 is 155 Å². The van der Waals surface area contributed by atoms with Gasteiger partial charge in [-0.3, -0.25) is 0 Å². The standard InChI is InChI=1S/C14H2Br2N4Se2/c15-9-1-11(7(3-17)4-18)21-13(9)14-10(16)2-12(22-14)8(5-19)6-20/h1-2H. The monoisotopic (exact) mass is 544 g/mol. The molecule has 2 aromatic rings. The van der Waals surface area contributed by atoms with E-state index < -0.39 is 0 Å². The second kappa shape index (κ2) is 7.28. The number of halogens is 2. The molecule has 0 spiro atoms. The van der Waals surface area contributed by atoms with Gasteiger partial charge in [-0.05, 0) is 0 Å². The SMILES string of the molecule is N#CC(C#N)=c1cc(Br)c(=c2[se]c(=C(C#N)C#N)cc2Br)[se]1. The molecule has 0 saturated heterocycles. The summed E-state index contributed by atoms with van der Waals surface area (Å²) >= 11 is 6.66. The van der Waals surface area contributed by atoms with Gasteiger partial charge in [0.25, 0.3) is 0 Å². The molecule has 8 heteroatoms. The topological polar surface area (TPSA) is 95.2 Å². The summed E-state index contributed by atoms with van der Waals surface area (Å²) in [6.07, 6.45) is 0. The van der Waals surface area contributed by atoms with Gasteiger partial charge in [0.15, 0.2) is 0 Å². The van der Waals surface area contributed by atoms with E-state index in [1.54, 1.807) is 12.1 Å². The van der Waals surface area contributed by atoms with Crippen LogP contribution in [0.1, 0.15) is 0 Å². The maximum absolute atomic E-state index is 8.98.